The number of amides is 1. The van der Waals surface area contributed by atoms with Gasteiger partial charge in [0.2, 0.25) is 0 Å². The van der Waals surface area contributed by atoms with Gasteiger partial charge in [0.05, 0.1) is 5.69 Å². The summed E-state index contributed by atoms with van der Waals surface area (Å²) in [5.74, 6) is -3.06. The number of esters is 1. The van der Waals surface area contributed by atoms with E-state index in [1.165, 1.54) is 6.92 Å². The highest BCUT2D eigenvalue weighted by molar-refractivity contribution is 5.95. The number of aromatic nitrogens is 1. The van der Waals surface area contributed by atoms with Crippen LogP contribution >= 0.6 is 0 Å². The number of pyridine rings is 1. The molecule has 0 spiro atoms. The number of nitrogens with one attached hydrogen (secondary N) is 2. The number of hydrogen-bond donors (Lipinski definition) is 2. The normalized spacial score (nSPS) is 11.4. The van der Waals surface area contributed by atoms with E-state index in [0.717, 1.165) is 18.2 Å². The summed E-state index contributed by atoms with van der Waals surface area (Å²) in [4.78, 5) is 38.4. The van der Waals surface area contributed by atoms with Crippen molar-refractivity contribution >= 4 is 17.6 Å². The van der Waals surface area contributed by atoms with Crippen molar-refractivity contribution < 1.29 is 23.1 Å². The molecule has 1 heterocycles. The van der Waals surface area contributed by atoms with E-state index < -0.39 is 35.2 Å². The molecule has 1 aromatic heterocycles. The fraction of sp³-hybridized carbons (Fsp3) is 0.300. The van der Waals surface area contributed by atoms with Crippen LogP contribution in [0.15, 0.2) is 23.0 Å². The molecule has 2 aromatic rings. The fourth-order valence-corrected chi connectivity index (χ4v) is 2.78. The van der Waals surface area contributed by atoms with Crippen molar-refractivity contribution in [2.75, 3.05) is 5.32 Å². The van der Waals surface area contributed by atoms with Crippen LogP contribution < -0.4 is 10.9 Å². The molecule has 1 aromatic carbocycles. The van der Waals surface area contributed by atoms with Crippen LogP contribution in [-0.4, -0.2) is 23.0 Å². The van der Waals surface area contributed by atoms with Gasteiger partial charge in [0.15, 0.2) is 6.10 Å². The number of nitriles is 1. The van der Waals surface area contributed by atoms with Crippen LogP contribution in [0, 0.1) is 36.8 Å². The van der Waals surface area contributed by atoms with Gasteiger partial charge in [-0.3, -0.25) is 14.4 Å². The molecule has 0 saturated heterocycles. The summed E-state index contributed by atoms with van der Waals surface area (Å²) in [5.41, 5.74) is 0.770. The number of rotatable bonds is 6. The average molecular weight is 403 g/mol. The number of aromatic amines is 1. The molecule has 7 nitrogen and oxygen atoms in total. The second-order valence-electron chi connectivity index (χ2n) is 6.41. The topological polar surface area (TPSA) is 112 Å². The zero-order chi connectivity index (χ0) is 21.7. The number of aryl methyl sites for hydroxylation is 1. The molecule has 0 saturated carbocycles. The lowest BCUT2D eigenvalue weighted by Crippen LogP contribution is -2.30. The predicted molar refractivity (Wildman–Crippen MR) is 100 cm³/mol. The van der Waals surface area contributed by atoms with Crippen LogP contribution in [0.4, 0.5) is 14.5 Å². The Morgan fingerprint density at radius 3 is 2.66 bits per heavy atom. The summed E-state index contributed by atoms with van der Waals surface area (Å²) in [6.07, 6.45) is -1.16. The number of ether oxygens (including phenoxy) is 1. The number of nitrogens with zero attached hydrogens (tertiary/aromatic N) is 1. The standard InChI is InChI=1S/C20H19F2N3O4/c1-10-14(11(2)24-20(28)15(10)9-23)5-7-18(26)29-12(3)19(27)25-17-8-13(21)4-6-16(17)22/h4,6,8,12H,5,7H2,1-3H3,(H,24,28)(H,25,27)/t12-/m1/s1. The highest BCUT2D eigenvalue weighted by Crippen LogP contribution is 2.17. The Morgan fingerprint density at radius 1 is 1.31 bits per heavy atom. The van der Waals surface area contributed by atoms with Gasteiger partial charge >= 0.3 is 5.97 Å². The SMILES string of the molecule is Cc1[nH]c(=O)c(C#N)c(C)c1CCC(=O)O[C@H](C)C(=O)Nc1cc(F)ccc1F. The predicted octanol–water partition coefficient (Wildman–Crippen LogP) is 2.64. The quantitative estimate of drug-likeness (QED) is 0.720. The molecule has 0 fully saturated rings. The van der Waals surface area contributed by atoms with E-state index >= 15 is 0 Å². The van der Waals surface area contributed by atoms with Crippen LogP contribution in [0.3, 0.4) is 0 Å². The molecule has 0 radical (unpaired) electrons. The van der Waals surface area contributed by atoms with Crippen LogP contribution in [0.2, 0.25) is 0 Å². The number of benzene rings is 1. The molecular weight excluding hydrogens is 384 g/mol. The van der Waals surface area contributed by atoms with Gasteiger partial charge in [-0.15, -0.1) is 0 Å². The zero-order valence-corrected chi connectivity index (χ0v) is 16.1. The average Bonchev–Trinajstić information content (AvgIpc) is 2.64. The minimum absolute atomic E-state index is 0.0242. The van der Waals surface area contributed by atoms with Crippen molar-refractivity contribution in [1.29, 1.82) is 5.26 Å². The first kappa shape index (κ1) is 21.8. The van der Waals surface area contributed by atoms with Crippen molar-refractivity contribution in [3.05, 3.63) is 62.6 Å². The number of anilines is 1. The molecule has 2 rings (SSSR count). The molecule has 152 valence electrons. The van der Waals surface area contributed by atoms with E-state index in [0.29, 0.717) is 16.8 Å². The second kappa shape index (κ2) is 9.10. The summed E-state index contributed by atoms with van der Waals surface area (Å²) in [7, 11) is 0. The Hall–Kier alpha value is -3.54. The van der Waals surface area contributed by atoms with Crippen molar-refractivity contribution in [3.63, 3.8) is 0 Å². The summed E-state index contributed by atoms with van der Waals surface area (Å²) in [6.45, 7) is 4.57. The van der Waals surface area contributed by atoms with E-state index in [2.05, 4.69) is 10.3 Å². The molecule has 0 aliphatic heterocycles. The van der Waals surface area contributed by atoms with E-state index in [1.807, 2.05) is 6.07 Å². The van der Waals surface area contributed by atoms with Crippen molar-refractivity contribution in [2.45, 2.75) is 39.7 Å². The third kappa shape index (κ3) is 5.25. The third-order valence-corrected chi connectivity index (χ3v) is 4.36. The van der Waals surface area contributed by atoms with Gasteiger partial charge in [0, 0.05) is 18.2 Å². The Morgan fingerprint density at radius 2 is 2.00 bits per heavy atom. The molecule has 0 bridgehead atoms. The fourth-order valence-electron chi connectivity index (χ4n) is 2.78. The first-order valence-corrected chi connectivity index (χ1v) is 8.71. The van der Waals surface area contributed by atoms with Crippen molar-refractivity contribution in [2.24, 2.45) is 0 Å². The van der Waals surface area contributed by atoms with E-state index in [1.54, 1.807) is 13.8 Å². The Labute approximate surface area is 165 Å². The monoisotopic (exact) mass is 403 g/mol. The smallest absolute Gasteiger partial charge is 0.306 e. The lowest BCUT2D eigenvalue weighted by molar-refractivity contribution is -0.153. The maximum atomic E-state index is 13.6. The molecule has 29 heavy (non-hydrogen) atoms. The zero-order valence-electron chi connectivity index (χ0n) is 16.1. The Balaban J connectivity index is 1.99. The highest BCUT2D eigenvalue weighted by atomic mass is 19.1. The molecule has 1 amide bonds. The minimum atomic E-state index is -1.24. The van der Waals surface area contributed by atoms with Crippen molar-refractivity contribution in [3.8, 4) is 6.07 Å². The molecule has 9 heteroatoms. The highest BCUT2D eigenvalue weighted by Gasteiger charge is 2.20. The van der Waals surface area contributed by atoms with Gasteiger partial charge in [-0.05, 0) is 50.5 Å². The van der Waals surface area contributed by atoms with Crippen molar-refractivity contribution in [1.82, 2.24) is 4.98 Å². The van der Waals surface area contributed by atoms with Crippen LogP contribution in [0.5, 0.6) is 0 Å². The third-order valence-electron chi connectivity index (χ3n) is 4.36. The Bertz CT molecular complexity index is 1060. The van der Waals surface area contributed by atoms with E-state index in [4.69, 9.17) is 10.00 Å². The number of H-pyrrole nitrogens is 1. The lowest BCUT2D eigenvalue weighted by atomic mass is 9.99. The summed E-state index contributed by atoms with van der Waals surface area (Å²) < 4.78 is 31.8. The second-order valence-corrected chi connectivity index (χ2v) is 6.41. The molecule has 0 aliphatic rings. The Kier molecular flexibility index (Phi) is 6.83. The van der Waals surface area contributed by atoms with E-state index in [9.17, 15) is 23.2 Å². The number of hydrogen-bond acceptors (Lipinski definition) is 5. The molecule has 0 aliphatic carbocycles. The molecule has 0 unspecified atom stereocenters. The van der Waals surface area contributed by atoms with Gasteiger partial charge < -0.3 is 15.0 Å². The number of halogens is 2. The maximum absolute atomic E-state index is 13.6. The van der Waals surface area contributed by atoms with Crippen LogP contribution in [-0.2, 0) is 20.7 Å². The summed E-state index contributed by atoms with van der Waals surface area (Å²) in [6, 6.07) is 4.42. The number of carbonyl (C=O) groups excluding carboxylic acids is 2. The maximum Gasteiger partial charge on any atom is 0.306 e. The van der Waals surface area contributed by atoms with Gasteiger partial charge in [-0.25, -0.2) is 8.78 Å². The largest absolute Gasteiger partial charge is 0.453 e. The molecular formula is C20H19F2N3O4. The van der Waals surface area contributed by atoms with Crippen LogP contribution in [0.1, 0.15) is 35.7 Å². The van der Waals surface area contributed by atoms with Gasteiger partial charge in [0.1, 0.15) is 23.3 Å². The van der Waals surface area contributed by atoms with Gasteiger partial charge in [-0.2, -0.15) is 5.26 Å². The molecule has 2 N–H and O–H groups in total. The van der Waals surface area contributed by atoms with E-state index in [-0.39, 0.29) is 24.1 Å². The number of carbonyl (C=O) groups is 2. The first-order chi connectivity index (χ1) is 13.6. The summed E-state index contributed by atoms with van der Waals surface area (Å²) >= 11 is 0. The first-order valence-electron chi connectivity index (χ1n) is 8.71. The summed E-state index contributed by atoms with van der Waals surface area (Å²) in [5, 5.41) is 11.2. The lowest BCUT2D eigenvalue weighted by Gasteiger charge is -2.15. The van der Waals surface area contributed by atoms with Crippen LogP contribution in [0.25, 0.3) is 0 Å². The van der Waals surface area contributed by atoms with Gasteiger partial charge in [-0.1, -0.05) is 0 Å². The minimum Gasteiger partial charge on any atom is -0.453 e. The molecule has 1 atom stereocenters. The van der Waals surface area contributed by atoms with Gasteiger partial charge in [0.25, 0.3) is 11.5 Å².